The largest absolute Gasteiger partial charge is 0.489 e. The van der Waals surface area contributed by atoms with Gasteiger partial charge in [-0.3, -0.25) is 9.78 Å². The van der Waals surface area contributed by atoms with Crippen LogP contribution in [-0.2, 0) is 4.79 Å². The minimum atomic E-state index is -0.325. The Kier molecular flexibility index (Phi) is 2.83. The van der Waals surface area contributed by atoms with Crippen molar-refractivity contribution in [3.05, 3.63) is 30.6 Å². The molecule has 0 fully saturated rings. The van der Waals surface area contributed by atoms with Crippen molar-refractivity contribution in [1.29, 1.82) is 0 Å². The highest BCUT2D eigenvalue weighted by Gasteiger charge is 2.29. The number of carbonyl (C=O) groups is 1. The Balaban J connectivity index is 2.22. The van der Waals surface area contributed by atoms with E-state index in [0.29, 0.717) is 6.61 Å². The first kappa shape index (κ1) is 11.9. The van der Waals surface area contributed by atoms with Gasteiger partial charge in [0.25, 0.3) is 0 Å². The molecular formula is C14H15N3O2. The fourth-order valence-electron chi connectivity index (χ4n) is 2.39. The summed E-state index contributed by atoms with van der Waals surface area (Å²) in [5.74, 6) is 0.734. The quantitative estimate of drug-likeness (QED) is 0.833. The lowest BCUT2D eigenvalue weighted by Gasteiger charge is -2.20. The molecule has 0 saturated heterocycles. The summed E-state index contributed by atoms with van der Waals surface area (Å²) in [7, 11) is 3.54. The van der Waals surface area contributed by atoms with Crippen LogP contribution in [-0.4, -0.2) is 37.6 Å². The number of hydrogen-bond donors (Lipinski definition) is 1. The molecule has 19 heavy (non-hydrogen) atoms. The molecule has 0 radical (unpaired) electrons. The van der Waals surface area contributed by atoms with E-state index < -0.39 is 0 Å². The van der Waals surface area contributed by atoms with Crippen molar-refractivity contribution >= 4 is 22.4 Å². The van der Waals surface area contributed by atoms with Crippen molar-refractivity contribution in [3.8, 4) is 5.75 Å². The lowest BCUT2D eigenvalue weighted by Crippen LogP contribution is -2.45. The lowest BCUT2D eigenvalue weighted by atomic mass is 10.1. The summed E-state index contributed by atoms with van der Waals surface area (Å²) >= 11 is 0. The molecule has 2 aromatic rings. The predicted molar refractivity (Wildman–Crippen MR) is 73.5 cm³/mol. The van der Waals surface area contributed by atoms with Crippen LogP contribution in [0.4, 0.5) is 5.69 Å². The monoisotopic (exact) mass is 257 g/mol. The van der Waals surface area contributed by atoms with Gasteiger partial charge in [0.2, 0.25) is 5.91 Å². The van der Waals surface area contributed by atoms with Crippen LogP contribution in [0.5, 0.6) is 5.75 Å². The number of nitrogens with zero attached hydrogens (tertiary/aromatic N) is 2. The number of likely N-dealkylation sites (N-methyl/N-ethyl adjacent to an activating group) is 2. The zero-order chi connectivity index (χ0) is 13.4. The van der Waals surface area contributed by atoms with Crippen molar-refractivity contribution in [3.63, 3.8) is 0 Å². The molecule has 98 valence electrons. The molecule has 3 rings (SSSR count). The van der Waals surface area contributed by atoms with E-state index in [2.05, 4.69) is 10.3 Å². The van der Waals surface area contributed by atoms with Gasteiger partial charge in [0.1, 0.15) is 18.4 Å². The SMILES string of the molecule is CN[C@H]1COc2ccc3cnccc3c2N(C)C1=O. The first-order chi connectivity index (χ1) is 9.22. The van der Waals surface area contributed by atoms with Crippen LogP contribution in [0.3, 0.4) is 0 Å². The Hall–Kier alpha value is -2.14. The topological polar surface area (TPSA) is 54.5 Å². The van der Waals surface area contributed by atoms with E-state index in [1.54, 1.807) is 31.4 Å². The second-order valence-electron chi connectivity index (χ2n) is 4.56. The van der Waals surface area contributed by atoms with Gasteiger partial charge in [-0.05, 0) is 25.2 Å². The zero-order valence-electron chi connectivity index (χ0n) is 10.9. The van der Waals surface area contributed by atoms with Crippen LogP contribution in [0.1, 0.15) is 0 Å². The van der Waals surface area contributed by atoms with Crippen LogP contribution < -0.4 is 15.0 Å². The highest BCUT2D eigenvalue weighted by Crippen LogP contribution is 2.37. The zero-order valence-corrected chi connectivity index (χ0v) is 10.9. The van der Waals surface area contributed by atoms with E-state index in [1.165, 1.54) is 0 Å². The summed E-state index contributed by atoms with van der Waals surface area (Å²) in [4.78, 5) is 18.1. The van der Waals surface area contributed by atoms with Crippen LogP contribution in [0.2, 0.25) is 0 Å². The standard InChI is InChI=1S/C14H15N3O2/c1-15-11-8-19-12-4-3-9-7-16-6-5-10(9)13(12)17(2)14(11)18/h3-7,11,15H,8H2,1-2H3/t11-/m0/s1. The fraction of sp³-hybridized carbons (Fsp3) is 0.286. The smallest absolute Gasteiger partial charge is 0.247 e. The first-order valence-corrected chi connectivity index (χ1v) is 6.16. The number of carbonyl (C=O) groups excluding carboxylic acids is 1. The van der Waals surface area contributed by atoms with Crippen LogP contribution >= 0.6 is 0 Å². The van der Waals surface area contributed by atoms with E-state index in [4.69, 9.17) is 4.74 Å². The number of amides is 1. The summed E-state index contributed by atoms with van der Waals surface area (Å²) in [6.45, 7) is 0.337. The van der Waals surface area contributed by atoms with Gasteiger partial charge < -0.3 is 15.0 Å². The molecule has 2 heterocycles. The molecule has 0 unspecified atom stereocenters. The fourth-order valence-corrected chi connectivity index (χ4v) is 2.39. The van der Waals surface area contributed by atoms with E-state index in [9.17, 15) is 4.79 Å². The minimum Gasteiger partial charge on any atom is -0.489 e. The summed E-state index contributed by atoms with van der Waals surface area (Å²) in [6.07, 6.45) is 3.51. The average molecular weight is 257 g/mol. The molecule has 1 atom stereocenters. The number of fused-ring (bicyclic) bond motifs is 3. The molecular weight excluding hydrogens is 242 g/mol. The van der Waals surface area contributed by atoms with Crippen LogP contribution in [0, 0.1) is 0 Å². The Morgan fingerprint density at radius 2 is 2.26 bits per heavy atom. The van der Waals surface area contributed by atoms with Gasteiger partial charge in [-0.15, -0.1) is 0 Å². The molecule has 1 aromatic carbocycles. The van der Waals surface area contributed by atoms with Crippen molar-refractivity contribution in [2.24, 2.45) is 0 Å². The molecule has 5 nitrogen and oxygen atoms in total. The number of hydrogen-bond acceptors (Lipinski definition) is 4. The average Bonchev–Trinajstić information content (AvgIpc) is 2.57. The number of anilines is 1. The Bertz CT molecular complexity index is 642. The van der Waals surface area contributed by atoms with Crippen molar-refractivity contribution in [2.45, 2.75) is 6.04 Å². The third-order valence-electron chi connectivity index (χ3n) is 3.47. The maximum atomic E-state index is 12.4. The third kappa shape index (κ3) is 1.82. The van der Waals surface area contributed by atoms with Gasteiger partial charge in [-0.1, -0.05) is 0 Å². The summed E-state index contributed by atoms with van der Waals surface area (Å²) < 4.78 is 5.76. The molecule has 1 aliphatic rings. The molecule has 0 aliphatic carbocycles. The van der Waals surface area contributed by atoms with Gasteiger partial charge in [0.05, 0.1) is 5.69 Å². The molecule has 0 saturated carbocycles. The third-order valence-corrected chi connectivity index (χ3v) is 3.47. The van der Waals surface area contributed by atoms with Crippen molar-refractivity contribution < 1.29 is 9.53 Å². The number of ether oxygens (including phenoxy) is 1. The molecule has 1 aliphatic heterocycles. The van der Waals surface area contributed by atoms with E-state index in [-0.39, 0.29) is 11.9 Å². The van der Waals surface area contributed by atoms with Crippen LogP contribution in [0.25, 0.3) is 10.8 Å². The summed E-state index contributed by atoms with van der Waals surface area (Å²) in [6, 6.07) is 5.43. The van der Waals surface area contributed by atoms with Crippen LogP contribution in [0.15, 0.2) is 30.6 Å². The van der Waals surface area contributed by atoms with Gasteiger partial charge in [-0.2, -0.15) is 0 Å². The minimum absolute atomic E-state index is 0.00515. The molecule has 0 spiro atoms. The Morgan fingerprint density at radius 1 is 1.42 bits per heavy atom. The lowest BCUT2D eigenvalue weighted by molar-refractivity contribution is -0.120. The Labute approximate surface area is 111 Å². The number of aromatic nitrogens is 1. The summed E-state index contributed by atoms with van der Waals surface area (Å²) in [5.41, 5.74) is 0.808. The highest BCUT2D eigenvalue weighted by atomic mass is 16.5. The molecule has 5 heteroatoms. The second kappa shape index (κ2) is 4.51. The Morgan fingerprint density at radius 3 is 3.05 bits per heavy atom. The van der Waals surface area contributed by atoms with Gasteiger partial charge in [0.15, 0.2) is 0 Å². The van der Waals surface area contributed by atoms with Crippen molar-refractivity contribution in [2.75, 3.05) is 25.6 Å². The van der Waals surface area contributed by atoms with E-state index in [1.807, 2.05) is 18.2 Å². The number of pyridine rings is 1. The number of benzene rings is 1. The number of rotatable bonds is 1. The highest BCUT2D eigenvalue weighted by molar-refractivity contribution is 6.07. The van der Waals surface area contributed by atoms with Gasteiger partial charge in [-0.25, -0.2) is 0 Å². The van der Waals surface area contributed by atoms with E-state index >= 15 is 0 Å². The summed E-state index contributed by atoms with van der Waals surface area (Å²) in [5, 5.41) is 4.94. The molecule has 1 amide bonds. The second-order valence-corrected chi connectivity index (χ2v) is 4.56. The molecule has 1 N–H and O–H groups in total. The maximum absolute atomic E-state index is 12.4. The maximum Gasteiger partial charge on any atom is 0.247 e. The predicted octanol–water partition coefficient (Wildman–Crippen LogP) is 1.18. The number of nitrogens with one attached hydrogen (secondary N) is 1. The molecule has 1 aromatic heterocycles. The van der Waals surface area contributed by atoms with Gasteiger partial charge in [0, 0.05) is 30.2 Å². The van der Waals surface area contributed by atoms with Gasteiger partial charge >= 0.3 is 0 Å². The van der Waals surface area contributed by atoms with Crippen molar-refractivity contribution in [1.82, 2.24) is 10.3 Å². The molecule has 0 bridgehead atoms. The first-order valence-electron chi connectivity index (χ1n) is 6.16. The van der Waals surface area contributed by atoms with E-state index in [0.717, 1.165) is 22.2 Å². The normalized spacial score (nSPS) is 18.9.